The van der Waals surface area contributed by atoms with Gasteiger partial charge in [-0.05, 0) is 19.8 Å². The van der Waals surface area contributed by atoms with E-state index in [-0.39, 0.29) is 5.54 Å². The maximum atomic E-state index is 5.90. The van der Waals surface area contributed by atoms with E-state index in [1.165, 1.54) is 19.3 Å². The van der Waals surface area contributed by atoms with E-state index in [1.807, 2.05) is 0 Å². The van der Waals surface area contributed by atoms with Gasteiger partial charge in [0.05, 0.1) is 0 Å². The molecule has 2 N–H and O–H groups in total. The lowest BCUT2D eigenvalue weighted by molar-refractivity contribution is 0.403. The van der Waals surface area contributed by atoms with Gasteiger partial charge >= 0.3 is 0 Å². The smallest absolute Gasteiger partial charge is 0.0123 e. The second kappa shape index (κ2) is 3.89. The molecule has 0 radical (unpaired) electrons. The molecule has 0 aromatic carbocycles. The monoisotopic (exact) mass is 129 g/mol. The summed E-state index contributed by atoms with van der Waals surface area (Å²) < 4.78 is 0. The zero-order valence-electron chi connectivity index (χ0n) is 6.91. The third-order valence-electron chi connectivity index (χ3n) is 1.91. The average Bonchev–Trinajstić information content (AvgIpc) is 1.84. The molecule has 0 aromatic rings. The van der Waals surface area contributed by atoms with Gasteiger partial charge in [0.15, 0.2) is 0 Å². The summed E-state index contributed by atoms with van der Waals surface area (Å²) in [5.74, 6) is 0. The maximum Gasteiger partial charge on any atom is 0.0123 e. The molecule has 0 aliphatic carbocycles. The molecule has 0 fully saturated rings. The Balaban J connectivity index is 3.33. The third kappa shape index (κ3) is 4.46. The minimum Gasteiger partial charge on any atom is -0.325 e. The number of hydrogen-bond acceptors (Lipinski definition) is 1. The van der Waals surface area contributed by atoms with Crippen LogP contribution in [0.5, 0.6) is 0 Å². The third-order valence-corrected chi connectivity index (χ3v) is 1.91. The summed E-state index contributed by atoms with van der Waals surface area (Å²) in [6.45, 7) is 6.48. The van der Waals surface area contributed by atoms with Gasteiger partial charge in [-0.3, -0.25) is 0 Å². The predicted molar refractivity (Wildman–Crippen MR) is 42.4 cm³/mol. The van der Waals surface area contributed by atoms with Crippen LogP contribution in [0.2, 0.25) is 0 Å². The molecule has 1 nitrogen and oxygen atoms in total. The number of rotatable bonds is 4. The molecule has 0 amide bonds. The van der Waals surface area contributed by atoms with Crippen molar-refractivity contribution in [2.45, 2.75) is 52.0 Å². The fraction of sp³-hybridized carbons (Fsp3) is 1.00. The molecule has 0 aliphatic rings. The van der Waals surface area contributed by atoms with E-state index in [4.69, 9.17) is 5.73 Å². The van der Waals surface area contributed by atoms with Crippen molar-refractivity contribution in [1.82, 2.24) is 0 Å². The summed E-state index contributed by atoms with van der Waals surface area (Å²) in [6, 6.07) is 0. The Kier molecular flexibility index (Phi) is 3.87. The summed E-state index contributed by atoms with van der Waals surface area (Å²) in [7, 11) is 0. The fourth-order valence-corrected chi connectivity index (χ4v) is 0.757. The molecule has 0 rings (SSSR count). The fourth-order valence-electron chi connectivity index (χ4n) is 0.757. The van der Waals surface area contributed by atoms with Gasteiger partial charge in [-0.2, -0.15) is 0 Å². The first-order valence-electron chi connectivity index (χ1n) is 3.91. The van der Waals surface area contributed by atoms with Crippen molar-refractivity contribution in [2.24, 2.45) is 5.73 Å². The van der Waals surface area contributed by atoms with Crippen LogP contribution in [0.25, 0.3) is 0 Å². The first kappa shape index (κ1) is 8.96. The highest BCUT2D eigenvalue weighted by Gasteiger charge is 2.13. The summed E-state index contributed by atoms with van der Waals surface area (Å²) in [5, 5.41) is 0. The molecule has 0 bridgehead atoms. The van der Waals surface area contributed by atoms with Gasteiger partial charge in [-0.15, -0.1) is 0 Å². The lowest BCUT2D eigenvalue weighted by Gasteiger charge is -2.21. The van der Waals surface area contributed by atoms with Crippen molar-refractivity contribution >= 4 is 0 Å². The van der Waals surface area contributed by atoms with E-state index in [0.717, 1.165) is 6.42 Å². The van der Waals surface area contributed by atoms with Crippen molar-refractivity contribution in [3.8, 4) is 0 Å². The molecule has 1 atom stereocenters. The Bertz CT molecular complexity index is 67.0. The summed E-state index contributed by atoms with van der Waals surface area (Å²) >= 11 is 0. The van der Waals surface area contributed by atoms with Gasteiger partial charge < -0.3 is 5.73 Å². The molecular formula is C8H19N. The normalized spacial score (nSPS) is 17.3. The van der Waals surface area contributed by atoms with Crippen LogP contribution in [-0.4, -0.2) is 5.54 Å². The number of nitrogens with two attached hydrogens (primary N) is 1. The van der Waals surface area contributed by atoms with E-state index < -0.39 is 0 Å². The van der Waals surface area contributed by atoms with Gasteiger partial charge in [-0.25, -0.2) is 0 Å². The van der Waals surface area contributed by atoms with Gasteiger partial charge in [0, 0.05) is 5.54 Å². The quantitative estimate of drug-likeness (QED) is 0.619. The molecule has 0 spiro atoms. The van der Waals surface area contributed by atoms with Crippen molar-refractivity contribution in [2.75, 3.05) is 0 Å². The van der Waals surface area contributed by atoms with E-state index in [2.05, 4.69) is 20.8 Å². The highest BCUT2D eigenvalue weighted by atomic mass is 14.7. The first-order chi connectivity index (χ1) is 4.12. The SMILES string of the molecule is CCCC[C@@](C)(N)CC. The van der Waals surface area contributed by atoms with Crippen molar-refractivity contribution in [3.05, 3.63) is 0 Å². The maximum absolute atomic E-state index is 5.90. The second-order valence-corrected chi connectivity index (χ2v) is 3.11. The van der Waals surface area contributed by atoms with Gasteiger partial charge in [0.25, 0.3) is 0 Å². The molecule has 0 heterocycles. The lowest BCUT2D eigenvalue weighted by atomic mass is 9.94. The molecule has 0 saturated heterocycles. The molecule has 0 aliphatic heterocycles. The van der Waals surface area contributed by atoms with Gasteiger partial charge in [-0.1, -0.05) is 26.7 Å². The first-order valence-corrected chi connectivity index (χ1v) is 3.91. The Labute approximate surface area is 58.6 Å². The average molecular weight is 129 g/mol. The molecule has 56 valence electrons. The Morgan fingerprint density at radius 1 is 1.33 bits per heavy atom. The van der Waals surface area contributed by atoms with E-state index in [9.17, 15) is 0 Å². The van der Waals surface area contributed by atoms with Crippen LogP contribution in [0.1, 0.15) is 46.5 Å². The molecule has 0 saturated carbocycles. The summed E-state index contributed by atoms with van der Waals surface area (Å²) in [6.07, 6.45) is 4.78. The predicted octanol–water partition coefficient (Wildman–Crippen LogP) is 2.30. The van der Waals surface area contributed by atoms with Gasteiger partial charge in [0.2, 0.25) is 0 Å². The van der Waals surface area contributed by atoms with Crippen molar-refractivity contribution in [1.29, 1.82) is 0 Å². The standard InChI is InChI=1S/C8H19N/c1-4-6-7-8(3,9)5-2/h4-7,9H2,1-3H3/t8-/m0/s1. The molecule has 0 aromatic heterocycles. The Hall–Kier alpha value is -0.0400. The minimum absolute atomic E-state index is 0.0933. The van der Waals surface area contributed by atoms with Crippen LogP contribution in [0.15, 0.2) is 0 Å². The zero-order chi connectivity index (χ0) is 7.33. The number of unbranched alkanes of at least 4 members (excludes halogenated alkanes) is 1. The van der Waals surface area contributed by atoms with E-state index >= 15 is 0 Å². The zero-order valence-corrected chi connectivity index (χ0v) is 6.91. The van der Waals surface area contributed by atoms with Gasteiger partial charge in [0.1, 0.15) is 0 Å². The van der Waals surface area contributed by atoms with E-state index in [1.54, 1.807) is 0 Å². The highest BCUT2D eigenvalue weighted by molar-refractivity contribution is 4.75. The highest BCUT2D eigenvalue weighted by Crippen LogP contribution is 2.13. The molecule has 9 heavy (non-hydrogen) atoms. The van der Waals surface area contributed by atoms with Crippen LogP contribution in [0.4, 0.5) is 0 Å². The largest absolute Gasteiger partial charge is 0.325 e. The van der Waals surface area contributed by atoms with E-state index in [0.29, 0.717) is 0 Å². The van der Waals surface area contributed by atoms with Crippen LogP contribution in [-0.2, 0) is 0 Å². The van der Waals surface area contributed by atoms with Crippen molar-refractivity contribution in [3.63, 3.8) is 0 Å². The molecule has 1 heteroatoms. The Morgan fingerprint density at radius 2 is 1.89 bits per heavy atom. The van der Waals surface area contributed by atoms with Crippen LogP contribution >= 0.6 is 0 Å². The minimum atomic E-state index is 0.0933. The second-order valence-electron chi connectivity index (χ2n) is 3.11. The Morgan fingerprint density at radius 3 is 2.22 bits per heavy atom. The van der Waals surface area contributed by atoms with Crippen molar-refractivity contribution < 1.29 is 0 Å². The molecule has 0 unspecified atom stereocenters. The van der Waals surface area contributed by atoms with Crippen LogP contribution in [0, 0.1) is 0 Å². The van der Waals surface area contributed by atoms with Crippen LogP contribution < -0.4 is 5.73 Å². The lowest BCUT2D eigenvalue weighted by Crippen LogP contribution is -2.34. The topological polar surface area (TPSA) is 26.0 Å². The molecular weight excluding hydrogens is 110 g/mol. The number of hydrogen-bond donors (Lipinski definition) is 1. The summed E-state index contributed by atoms with van der Waals surface area (Å²) in [5.41, 5.74) is 6.00. The van der Waals surface area contributed by atoms with Crippen LogP contribution in [0.3, 0.4) is 0 Å². The summed E-state index contributed by atoms with van der Waals surface area (Å²) in [4.78, 5) is 0.